The highest BCUT2D eigenvalue weighted by molar-refractivity contribution is 6.30. The lowest BCUT2D eigenvalue weighted by Gasteiger charge is -2.28. The first-order chi connectivity index (χ1) is 11.6. The second-order valence-electron chi connectivity index (χ2n) is 5.52. The molecule has 1 unspecified atom stereocenters. The van der Waals surface area contributed by atoms with E-state index in [0.29, 0.717) is 21.9 Å². The van der Waals surface area contributed by atoms with E-state index in [9.17, 15) is 14.7 Å². The first-order valence-corrected chi connectivity index (χ1v) is 7.69. The highest BCUT2D eigenvalue weighted by Gasteiger charge is 2.38. The zero-order chi connectivity index (χ0) is 16.8. The molecule has 5 heteroatoms. The molecule has 1 heterocycles. The molecule has 0 spiro atoms. The standard InChI is InChI=1S/C19H11ClO4/c20-11-7-5-10(6-8-11)15-9-14-16(19(23)24-15)18(22)13-4-2-1-3-12(13)17(14)21/h1-9,19,23H. The van der Waals surface area contributed by atoms with Crippen LogP contribution < -0.4 is 0 Å². The molecule has 0 bridgehead atoms. The lowest BCUT2D eigenvalue weighted by molar-refractivity contribution is -0.0105. The minimum absolute atomic E-state index is 0.0172. The largest absolute Gasteiger partial charge is 0.460 e. The minimum Gasteiger partial charge on any atom is -0.460 e. The molecule has 0 amide bonds. The Morgan fingerprint density at radius 2 is 1.54 bits per heavy atom. The van der Waals surface area contributed by atoms with Crippen molar-refractivity contribution in [2.75, 3.05) is 0 Å². The molecule has 24 heavy (non-hydrogen) atoms. The first-order valence-electron chi connectivity index (χ1n) is 7.31. The fourth-order valence-corrected chi connectivity index (χ4v) is 3.04. The van der Waals surface area contributed by atoms with Crippen molar-refractivity contribution in [3.8, 4) is 0 Å². The van der Waals surface area contributed by atoms with Gasteiger partial charge >= 0.3 is 0 Å². The van der Waals surface area contributed by atoms with Crippen LogP contribution in [0.5, 0.6) is 0 Å². The highest BCUT2D eigenvalue weighted by atomic mass is 35.5. The van der Waals surface area contributed by atoms with E-state index in [2.05, 4.69) is 0 Å². The number of fused-ring (bicyclic) bond motifs is 1. The van der Waals surface area contributed by atoms with Gasteiger partial charge in [-0.1, -0.05) is 35.9 Å². The number of aliphatic hydroxyl groups excluding tert-OH is 1. The highest BCUT2D eigenvalue weighted by Crippen LogP contribution is 2.36. The zero-order valence-corrected chi connectivity index (χ0v) is 13.1. The van der Waals surface area contributed by atoms with Crippen molar-refractivity contribution >= 4 is 28.9 Å². The summed E-state index contributed by atoms with van der Waals surface area (Å²) >= 11 is 5.87. The molecule has 1 aliphatic carbocycles. The SMILES string of the molecule is O=C1C2=C(C(=O)c3ccccc31)C(O)OC(c1ccc(Cl)cc1)=C2. The van der Waals surface area contributed by atoms with Crippen molar-refractivity contribution in [3.05, 3.63) is 87.5 Å². The van der Waals surface area contributed by atoms with E-state index in [0.717, 1.165) is 0 Å². The van der Waals surface area contributed by atoms with Gasteiger partial charge in [0, 0.05) is 27.3 Å². The van der Waals surface area contributed by atoms with Gasteiger partial charge < -0.3 is 9.84 Å². The second-order valence-corrected chi connectivity index (χ2v) is 5.95. The number of allylic oxidation sites excluding steroid dienone is 2. The molecule has 4 rings (SSSR count). The van der Waals surface area contributed by atoms with Crippen molar-refractivity contribution in [1.82, 2.24) is 0 Å². The summed E-state index contributed by atoms with van der Waals surface area (Å²) in [6, 6.07) is 13.4. The molecule has 2 aliphatic rings. The molecule has 0 saturated carbocycles. The Kier molecular flexibility index (Phi) is 3.37. The first kappa shape index (κ1) is 14.9. The maximum absolute atomic E-state index is 12.7. The van der Waals surface area contributed by atoms with Crippen molar-refractivity contribution < 1.29 is 19.4 Å². The lowest BCUT2D eigenvalue weighted by atomic mass is 9.82. The molecule has 2 aromatic rings. The summed E-state index contributed by atoms with van der Waals surface area (Å²) in [6.07, 6.45) is 0.0158. The van der Waals surface area contributed by atoms with Crippen molar-refractivity contribution in [3.63, 3.8) is 0 Å². The molecule has 1 atom stereocenters. The second kappa shape index (κ2) is 5.44. The van der Waals surface area contributed by atoms with Crippen LogP contribution in [0.4, 0.5) is 0 Å². The molecule has 4 nitrogen and oxygen atoms in total. The average molecular weight is 339 g/mol. The number of ketones is 2. The topological polar surface area (TPSA) is 63.6 Å². The molecular formula is C19H11ClO4. The van der Waals surface area contributed by atoms with Crippen LogP contribution in [0.1, 0.15) is 26.3 Å². The van der Waals surface area contributed by atoms with E-state index in [1.54, 1.807) is 48.5 Å². The summed E-state index contributed by atoms with van der Waals surface area (Å²) in [5.41, 5.74) is 1.43. The molecule has 0 fully saturated rings. The molecule has 2 aromatic carbocycles. The van der Waals surface area contributed by atoms with Crippen LogP contribution in [0.3, 0.4) is 0 Å². The Balaban J connectivity index is 1.86. The normalized spacial score (nSPS) is 19.4. The van der Waals surface area contributed by atoms with Crippen LogP contribution in [-0.2, 0) is 4.74 Å². The third-order valence-corrected chi connectivity index (χ3v) is 4.34. The van der Waals surface area contributed by atoms with Crippen LogP contribution in [0.25, 0.3) is 5.76 Å². The Morgan fingerprint density at radius 3 is 2.21 bits per heavy atom. The van der Waals surface area contributed by atoms with Gasteiger partial charge in [0.2, 0.25) is 6.29 Å². The van der Waals surface area contributed by atoms with Gasteiger partial charge in [-0.25, -0.2) is 0 Å². The van der Waals surface area contributed by atoms with E-state index in [-0.39, 0.29) is 28.3 Å². The number of ether oxygens (including phenoxy) is 1. The number of rotatable bonds is 1. The third-order valence-electron chi connectivity index (χ3n) is 4.09. The van der Waals surface area contributed by atoms with Gasteiger partial charge in [-0.15, -0.1) is 0 Å². The van der Waals surface area contributed by atoms with Crippen LogP contribution in [-0.4, -0.2) is 23.0 Å². The van der Waals surface area contributed by atoms with Crippen molar-refractivity contribution in [1.29, 1.82) is 0 Å². The van der Waals surface area contributed by atoms with Gasteiger partial charge in [0.1, 0.15) is 5.76 Å². The smallest absolute Gasteiger partial charge is 0.228 e. The number of hydrogen-bond donors (Lipinski definition) is 1. The molecule has 0 saturated heterocycles. The third kappa shape index (κ3) is 2.19. The molecule has 1 N–H and O–H groups in total. The number of hydrogen-bond acceptors (Lipinski definition) is 4. The summed E-state index contributed by atoms with van der Waals surface area (Å²) < 4.78 is 5.46. The Morgan fingerprint density at radius 1 is 0.917 bits per heavy atom. The molecular weight excluding hydrogens is 328 g/mol. The minimum atomic E-state index is -1.49. The van der Waals surface area contributed by atoms with Gasteiger partial charge in [0.15, 0.2) is 11.6 Å². The van der Waals surface area contributed by atoms with E-state index in [4.69, 9.17) is 16.3 Å². The summed E-state index contributed by atoms with van der Waals surface area (Å²) in [5, 5.41) is 10.8. The van der Waals surface area contributed by atoms with Crippen LogP contribution >= 0.6 is 11.6 Å². The van der Waals surface area contributed by atoms with Crippen LogP contribution in [0.2, 0.25) is 5.02 Å². The quantitative estimate of drug-likeness (QED) is 0.865. The number of carbonyl (C=O) groups excluding carboxylic acids is 2. The van der Waals surface area contributed by atoms with E-state index in [1.807, 2.05) is 0 Å². The monoisotopic (exact) mass is 338 g/mol. The summed E-state index contributed by atoms with van der Waals surface area (Å²) in [6.45, 7) is 0. The lowest BCUT2D eigenvalue weighted by Crippen LogP contribution is -2.32. The number of aliphatic hydroxyl groups is 1. The Labute approximate surface area is 142 Å². The van der Waals surface area contributed by atoms with Gasteiger partial charge in [-0.05, 0) is 30.3 Å². The molecule has 0 aromatic heterocycles. The van der Waals surface area contributed by atoms with Gasteiger partial charge in [0.05, 0.1) is 5.57 Å². The number of carbonyl (C=O) groups is 2. The van der Waals surface area contributed by atoms with Gasteiger partial charge in [0.25, 0.3) is 0 Å². The average Bonchev–Trinajstić information content (AvgIpc) is 2.60. The number of Topliss-reactive ketones (excluding diaryl/α,β-unsaturated/α-hetero) is 2. The maximum Gasteiger partial charge on any atom is 0.228 e. The molecule has 1 aliphatic heterocycles. The molecule has 118 valence electrons. The summed E-state index contributed by atoms with van der Waals surface area (Å²) in [4.78, 5) is 25.3. The fourth-order valence-electron chi connectivity index (χ4n) is 2.91. The maximum atomic E-state index is 12.7. The van der Waals surface area contributed by atoms with Crippen LogP contribution in [0.15, 0.2) is 65.8 Å². The van der Waals surface area contributed by atoms with Crippen molar-refractivity contribution in [2.24, 2.45) is 0 Å². The Hall–Kier alpha value is -2.69. The van der Waals surface area contributed by atoms with Crippen molar-refractivity contribution in [2.45, 2.75) is 6.29 Å². The predicted molar refractivity (Wildman–Crippen MR) is 88.6 cm³/mol. The number of halogens is 1. The molecule has 0 radical (unpaired) electrons. The Bertz CT molecular complexity index is 938. The van der Waals surface area contributed by atoms with Crippen LogP contribution in [0, 0.1) is 0 Å². The van der Waals surface area contributed by atoms with E-state index in [1.165, 1.54) is 6.08 Å². The van der Waals surface area contributed by atoms with E-state index >= 15 is 0 Å². The summed E-state index contributed by atoms with van der Waals surface area (Å²) in [5.74, 6) is -0.369. The number of benzene rings is 2. The zero-order valence-electron chi connectivity index (χ0n) is 12.3. The summed E-state index contributed by atoms with van der Waals surface area (Å²) in [7, 11) is 0. The fraction of sp³-hybridized carbons (Fsp3) is 0.0526. The van der Waals surface area contributed by atoms with Gasteiger partial charge in [-0.2, -0.15) is 0 Å². The van der Waals surface area contributed by atoms with E-state index < -0.39 is 6.29 Å². The predicted octanol–water partition coefficient (Wildman–Crippen LogP) is 3.41. The van der Waals surface area contributed by atoms with Gasteiger partial charge in [-0.3, -0.25) is 9.59 Å².